The van der Waals surface area contributed by atoms with E-state index in [0.717, 1.165) is 21.7 Å². The summed E-state index contributed by atoms with van der Waals surface area (Å²) in [5.74, 6) is -0.0114. The van der Waals surface area contributed by atoms with Gasteiger partial charge in [-0.15, -0.1) is 0 Å². The lowest BCUT2D eigenvalue weighted by Gasteiger charge is -2.05. The van der Waals surface area contributed by atoms with Gasteiger partial charge in [0.25, 0.3) is 5.91 Å². The van der Waals surface area contributed by atoms with Crippen LogP contribution < -0.4 is 5.32 Å². The highest BCUT2D eigenvalue weighted by atomic mass is 35.5. The van der Waals surface area contributed by atoms with E-state index in [0.29, 0.717) is 22.2 Å². The molecule has 3 nitrogen and oxygen atoms in total. The summed E-state index contributed by atoms with van der Waals surface area (Å²) < 4.78 is 5.71. The predicted octanol–water partition coefficient (Wildman–Crippen LogP) is 5.82. The first-order chi connectivity index (χ1) is 12.1. The highest BCUT2D eigenvalue weighted by Gasteiger charge is 2.14. The van der Waals surface area contributed by atoms with Gasteiger partial charge < -0.3 is 9.73 Å². The molecule has 3 aromatic carbocycles. The summed E-state index contributed by atoms with van der Waals surface area (Å²) in [5.41, 5.74) is 1.48. The Balaban J connectivity index is 1.60. The molecule has 4 aromatic rings. The van der Waals surface area contributed by atoms with Crippen LogP contribution in [0.2, 0.25) is 10.0 Å². The van der Waals surface area contributed by atoms with Crippen LogP contribution in [0.3, 0.4) is 0 Å². The van der Waals surface area contributed by atoms with Crippen molar-refractivity contribution in [2.24, 2.45) is 0 Å². The molecule has 1 N–H and O–H groups in total. The number of rotatable bonds is 3. The molecule has 0 aliphatic heterocycles. The van der Waals surface area contributed by atoms with Gasteiger partial charge in [0.2, 0.25) is 0 Å². The van der Waals surface area contributed by atoms with Gasteiger partial charge in [0.15, 0.2) is 5.76 Å². The normalized spacial score (nSPS) is 11.1. The van der Waals surface area contributed by atoms with Crippen molar-refractivity contribution in [1.29, 1.82) is 0 Å². The van der Waals surface area contributed by atoms with Crippen LogP contribution in [0.4, 0.5) is 0 Å². The Hall–Kier alpha value is -2.49. The second-order valence-corrected chi connectivity index (χ2v) is 6.57. The number of hydrogen-bond acceptors (Lipinski definition) is 2. The molecule has 1 amide bonds. The van der Waals surface area contributed by atoms with Gasteiger partial charge in [0, 0.05) is 22.0 Å². The summed E-state index contributed by atoms with van der Waals surface area (Å²) in [6.45, 7) is 0.298. The zero-order chi connectivity index (χ0) is 17.4. The Morgan fingerprint density at radius 3 is 2.64 bits per heavy atom. The Kier molecular flexibility index (Phi) is 4.12. The Morgan fingerprint density at radius 1 is 0.960 bits per heavy atom. The van der Waals surface area contributed by atoms with Gasteiger partial charge in [-0.1, -0.05) is 59.6 Å². The van der Waals surface area contributed by atoms with Crippen molar-refractivity contribution in [3.63, 3.8) is 0 Å². The Labute approximate surface area is 154 Å². The largest absolute Gasteiger partial charge is 0.451 e. The summed E-state index contributed by atoms with van der Waals surface area (Å²) in [7, 11) is 0. The molecule has 0 bridgehead atoms. The molecule has 0 unspecified atom stereocenters. The van der Waals surface area contributed by atoms with E-state index in [4.69, 9.17) is 27.6 Å². The third-order valence-electron chi connectivity index (χ3n) is 4.10. The number of carbonyl (C=O) groups is 1. The Bertz CT molecular complexity index is 1100. The maximum absolute atomic E-state index is 12.4. The maximum atomic E-state index is 12.4. The van der Waals surface area contributed by atoms with Crippen molar-refractivity contribution < 1.29 is 9.21 Å². The molecule has 0 saturated heterocycles. The average Bonchev–Trinajstić information content (AvgIpc) is 3.05. The molecule has 0 radical (unpaired) electrons. The number of carbonyl (C=O) groups excluding carboxylic acids is 1. The molecule has 4 rings (SSSR count). The van der Waals surface area contributed by atoms with E-state index in [-0.39, 0.29) is 11.7 Å². The van der Waals surface area contributed by atoms with Crippen LogP contribution >= 0.6 is 23.2 Å². The lowest BCUT2D eigenvalue weighted by molar-refractivity contribution is 0.0925. The summed E-state index contributed by atoms with van der Waals surface area (Å²) in [5, 5.41) is 6.99. The number of nitrogens with one attached hydrogen (secondary N) is 1. The first-order valence-corrected chi connectivity index (χ1v) is 8.51. The highest BCUT2D eigenvalue weighted by molar-refractivity contribution is 6.35. The van der Waals surface area contributed by atoms with Crippen molar-refractivity contribution in [3.05, 3.63) is 82.0 Å². The molecule has 0 aliphatic carbocycles. The van der Waals surface area contributed by atoms with Crippen LogP contribution in [0, 0.1) is 0 Å². The van der Waals surface area contributed by atoms with Crippen molar-refractivity contribution in [2.75, 3.05) is 0 Å². The van der Waals surface area contributed by atoms with E-state index in [1.807, 2.05) is 36.4 Å². The molecule has 0 aliphatic rings. The van der Waals surface area contributed by atoms with E-state index in [2.05, 4.69) is 5.32 Å². The van der Waals surface area contributed by atoms with Crippen LogP contribution in [-0.4, -0.2) is 5.91 Å². The van der Waals surface area contributed by atoms with E-state index >= 15 is 0 Å². The number of amides is 1. The van der Waals surface area contributed by atoms with Crippen molar-refractivity contribution >= 4 is 50.9 Å². The number of hydrogen-bond donors (Lipinski definition) is 1. The van der Waals surface area contributed by atoms with Crippen molar-refractivity contribution in [2.45, 2.75) is 6.54 Å². The van der Waals surface area contributed by atoms with Gasteiger partial charge in [-0.2, -0.15) is 0 Å². The minimum atomic E-state index is -0.286. The second-order valence-electron chi connectivity index (χ2n) is 5.73. The van der Waals surface area contributed by atoms with Gasteiger partial charge in [0.05, 0.1) is 0 Å². The van der Waals surface area contributed by atoms with Gasteiger partial charge in [-0.25, -0.2) is 0 Å². The fourth-order valence-corrected chi connectivity index (χ4v) is 3.31. The number of halogens is 2. The van der Waals surface area contributed by atoms with Gasteiger partial charge in [-0.05, 0) is 40.6 Å². The van der Waals surface area contributed by atoms with Gasteiger partial charge in [0.1, 0.15) is 5.58 Å². The first kappa shape index (κ1) is 16.0. The average molecular weight is 370 g/mol. The molecular formula is C20H13Cl2NO2. The first-order valence-electron chi connectivity index (χ1n) is 7.75. The number of furan rings is 1. The van der Waals surface area contributed by atoms with E-state index < -0.39 is 0 Å². The highest BCUT2D eigenvalue weighted by Crippen LogP contribution is 2.28. The molecule has 0 spiro atoms. The summed E-state index contributed by atoms with van der Waals surface area (Å²) in [6.07, 6.45) is 0. The molecule has 0 atom stereocenters. The lowest BCUT2D eigenvalue weighted by Crippen LogP contribution is -2.22. The van der Waals surface area contributed by atoms with Crippen molar-refractivity contribution in [3.8, 4) is 0 Å². The molecule has 5 heteroatoms. The van der Waals surface area contributed by atoms with Gasteiger partial charge in [-0.3, -0.25) is 4.79 Å². The van der Waals surface area contributed by atoms with Crippen LogP contribution in [0.25, 0.3) is 21.7 Å². The SMILES string of the molecule is O=C(NCc1ccc(Cl)cc1Cl)c1cc2c(ccc3ccccc32)o1. The summed E-state index contributed by atoms with van der Waals surface area (Å²) in [4.78, 5) is 12.4. The van der Waals surface area contributed by atoms with E-state index in [1.165, 1.54) is 0 Å². The fourth-order valence-electron chi connectivity index (χ4n) is 2.83. The maximum Gasteiger partial charge on any atom is 0.287 e. The molecular weight excluding hydrogens is 357 g/mol. The topological polar surface area (TPSA) is 42.2 Å². The van der Waals surface area contributed by atoms with Gasteiger partial charge >= 0.3 is 0 Å². The van der Waals surface area contributed by atoms with E-state index in [1.54, 1.807) is 24.3 Å². The van der Waals surface area contributed by atoms with Crippen LogP contribution in [0.15, 0.2) is 65.1 Å². The predicted molar refractivity (Wildman–Crippen MR) is 101 cm³/mol. The minimum Gasteiger partial charge on any atom is -0.451 e. The zero-order valence-electron chi connectivity index (χ0n) is 13.1. The molecule has 124 valence electrons. The minimum absolute atomic E-state index is 0.274. The van der Waals surface area contributed by atoms with Crippen LogP contribution in [0.1, 0.15) is 16.1 Å². The zero-order valence-corrected chi connectivity index (χ0v) is 14.6. The standard InChI is InChI=1S/C20H13Cl2NO2/c21-14-7-5-13(17(22)9-14)11-23-20(24)19-10-16-15-4-2-1-3-12(15)6-8-18(16)25-19/h1-10H,11H2,(H,23,24). The lowest BCUT2D eigenvalue weighted by atomic mass is 10.1. The smallest absolute Gasteiger partial charge is 0.287 e. The van der Waals surface area contributed by atoms with Crippen LogP contribution in [-0.2, 0) is 6.54 Å². The summed E-state index contributed by atoms with van der Waals surface area (Å²) >= 11 is 12.0. The third kappa shape index (κ3) is 3.09. The second kappa shape index (κ2) is 6.43. The fraction of sp³-hybridized carbons (Fsp3) is 0.0500. The molecule has 0 fully saturated rings. The quantitative estimate of drug-likeness (QED) is 0.494. The van der Waals surface area contributed by atoms with Crippen molar-refractivity contribution in [1.82, 2.24) is 5.32 Å². The molecule has 1 aromatic heterocycles. The van der Waals surface area contributed by atoms with Crippen LogP contribution in [0.5, 0.6) is 0 Å². The molecule has 0 saturated carbocycles. The third-order valence-corrected chi connectivity index (χ3v) is 4.69. The number of fused-ring (bicyclic) bond motifs is 3. The summed E-state index contributed by atoms with van der Waals surface area (Å²) in [6, 6.07) is 18.8. The molecule has 25 heavy (non-hydrogen) atoms. The molecule has 1 heterocycles. The Morgan fingerprint density at radius 2 is 1.80 bits per heavy atom. The number of benzene rings is 3. The van der Waals surface area contributed by atoms with E-state index in [9.17, 15) is 4.79 Å². The monoisotopic (exact) mass is 369 g/mol.